The molecule has 0 amide bonds. The minimum atomic E-state index is 0.0377. The Balaban J connectivity index is 1.53. The second kappa shape index (κ2) is 9.19. The molecular weight excluding hydrogens is 400 g/mol. The zero-order chi connectivity index (χ0) is 20.9. The fourth-order valence-electron chi connectivity index (χ4n) is 3.43. The molecule has 0 bridgehead atoms. The molecule has 2 aromatic heterocycles. The molecule has 154 valence electrons. The molecule has 4 rings (SSSR count). The Bertz CT molecular complexity index is 1050. The predicted octanol–water partition coefficient (Wildman–Crippen LogP) is 5.42. The fraction of sp³-hybridized carbons (Fsp3) is 0.273. The number of ether oxygens (including phenoxy) is 1. The van der Waals surface area contributed by atoms with Crippen LogP contribution in [0, 0.1) is 6.92 Å². The van der Waals surface area contributed by atoms with E-state index >= 15 is 0 Å². The SMILES string of the molecule is C=N/C=C\c1c(C)nc(Cl)nc1Nc1ccc(-c2cnn(C3CCCCO3)c2)cc1. The molecule has 1 aliphatic rings. The lowest BCUT2D eigenvalue weighted by atomic mass is 10.1. The van der Waals surface area contributed by atoms with Gasteiger partial charge in [-0.3, -0.25) is 4.99 Å². The maximum absolute atomic E-state index is 6.05. The van der Waals surface area contributed by atoms with Crippen LogP contribution in [0.2, 0.25) is 5.28 Å². The van der Waals surface area contributed by atoms with E-state index in [1.54, 1.807) is 12.3 Å². The summed E-state index contributed by atoms with van der Waals surface area (Å²) in [5.74, 6) is 0.613. The van der Waals surface area contributed by atoms with Crippen molar-refractivity contribution in [3.8, 4) is 11.1 Å². The summed E-state index contributed by atoms with van der Waals surface area (Å²) in [7, 11) is 0. The van der Waals surface area contributed by atoms with Crippen LogP contribution in [-0.4, -0.2) is 33.1 Å². The van der Waals surface area contributed by atoms with Crippen molar-refractivity contribution < 1.29 is 4.74 Å². The Labute approximate surface area is 180 Å². The Morgan fingerprint density at radius 2 is 2.07 bits per heavy atom. The largest absolute Gasteiger partial charge is 0.357 e. The average Bonchev–Trinajstić information content (AvgIpc) is 3.25. The number of aryl methyl sites for hydroxylation is 1. The fourth-order valence-corrected chi connectivity index (χ4v) is 3.64. The van der Waals surface area contributed by atoms with Gasteiger partial charge in [0, 0.05) is 35.8 Å². The zero-order valence-corrected chi connectivity index (χ0v) is 17.5. The Morgan fingerprint density at radius 3 is 2.80 bits per heavy atom. The third-order valence-corrected chi connectivity index (χ3v) is 5.16. The van der Waals surface area contributed by atoms with Gasteiger partial charge in [0.25, 0.3) is 0 Å². The molecule has 0 spiro atoms. The molecule has 1 atom stereocenters. The maximum atomic E-state index is 6.05. The summed E-state index contributed by atoms with van der Waals surface area (Å²) in [4.78, 5) is 12.3. The van der Waals surface area contributed by atoms with Gasteiger partial charge >= 0.3 is 0 Å². The highest BCUT2D eigenvalue weighted by Gasteiger charge is 2.17. The van der Waals surface area contributed by atoms with Crippen molar-refractivity contribution in [3.05, 3.63) is 59.4 Å². The average molecular weight is 423 g/mol. The molecule has 1 saturated heterocycles. The van der Waals surface area contributed by atoms with Gasteiger partial charge in [-0.2, -0.15) is 10.1 Å². The van der Waals surface area contributed by atoms with Crippen molar-refractivity contribution in [3.63, 3.8) is 0 Å². The summed E-state index contributed by atoms with van der Waals surface area (Å²) >= 11 is 6.05. The summed E-state index contributed by atoms with van der Waals surface area (Å²) in [5, 5.41) is 7.99. The summed E-state index contributed by atoms with van der Waals surface area (Å²) in [6, 6.07) is 8.08. The number of anilines is 2. The first-order valence-electron chi connectivity index (χ1n) is 9.84. The van der Waals surface area contributed by atoms with Crippen LogP contribution in [0.25, 0.3) is 17.2 Å². The minimum absolute atomic E-state index is 0.0377. The van der Waals surface area contributed by atoms with Gasteiger partial charge in [0.05, 0.1) is 11.9 Å². The number of nitrogens with zero attached hydrogens (tertiary/aromatic N) is 5. The van der Waals surface area contributed by atoms with Gasteiger partial charge in [-0.05, 0) is 68.3 Å². The van der Waals surface area contributed by atoms with E-state index in [1.165, 1.54) is 6.42 Å². The van der Waals surface area contributed by atoms with Crippen LogP contribution in [-0.2, 0) is 4.74 Å². The van der Waals surface area contributed by atoms with Crippen molar-refractivity contribution in [2.75, 3.05) is 11.9 Å². The first-order valence-corrected chi connectivity index (χ1v) is 10.2. The molecule has 0 radical (unpaired) electrons. The van der Waals surface area contributed by atoms with Crippen LogP contribution in [0.4, 0.5) is 11.5 Å². The standard InChI is InChI=1S/C22H23ClN6O/c1-15-19(10-11-24-2)21(28-22(23)26-15)27-18-8-6-16(7-9-18)17-13-25-29(14-17)20-5-3-4-12-30-20/h6-11,13-14,20H,2-5,12H2,1H3,(H,26,27,28)/b11-10-. The third-order valence-electron chi connectivity index (χ3n) is 4.99. The van der Waals surface area contributed by atoms with Crippen LogP contribution < -0.4 is 5.32 Å². The van der Waals surface area contributed by atoms with E-state index < -0.39 is 0 Å². The molecule has 0 aliphatic carbocycles. The first kappa shape index (κ1) is 20.3. The second-order valence-electron chi connectivity index (χ2n) is 7.07. The molecule has 1 unspecified atom stereocenters. The van der Waals surface area contributed by atoms with Gasteiger partial charge < -0.3 is 10.1 Å². The molecule has 1 aromatic carbocycles. The van der Waals surface area contributed by atoms with E-state index in [9.17, 15) is 0 Å². The van der Waals surface area contributed by atoms with Crippen molar-refractivity contribution in [1.82, 2.24) is 19.7 Å². The number of aromatic nitrogens is 4. The number of nitrogens with one attached hydrogen (secondary N) is 1. The maximum Gasteiger partial charge on any atom is 0.224 e. The van der Waals surface area contributed by atoms with Crippen molar-refractivity contribution in [2.24, 2.45) is 4.99 Å². The van der Waals surface area contributed by atoms with Gasteiger partial charge in [0.15, 0.2) is 0 Å². The van der Waals surface area contributed by atoms with Crippen LogP contribution in [0.5, 0.6) is 0 Å². The Hall–Kier alpha value is -3.03. The Morgan fingerprint density at radius 1 is 1.23 bits per heavy atom. The van der Waals surface area contributed by atoms with E-state index in [1.807, 2.05) is 48.3 Å². The number of rotatable bonds is 6. The molecule has 3 aromatic rings. The molecule has 30 heavy (non-hydrogen) atoms. The van der Waals surface area contributed by atoms with E-state index in [2.05, 4.69) is 32.1 Å². The molecule has 3 heterocycles. The van der Waals surface area contributed by atoms with Crippen LogP contribution >= 0.6 is 11.6 Å². The van der Waals surface area contributed by atoms with Gasteiger partial charge in [-0.15, -0.1) is 0 Å². The molecule has 8 heteroatoms. The van der Waals surface area contributed by atoms with Crippen molar-refractivity contribution in [1.29, 1.82) is 0 Å². The lowest BCUT2D eigenvalue weighted by Crippen LogP contribution is -2.18. The number of halogens is 1. The van der Waals surface area contributed by atoms with E-state index in [0.717, 1.165) is 47.5 Å². The van der Waals surface area contributed by atoms with E-state index in [0.29, 0.717) is 5.82 Å². The highest BCUT2D eigenvalue weighted by Crippen LogP contribution is 2.28. The number of hydrogen-bond acceptors (Lipinski definition) is 6. The molecule has 1 aliphatic heterocycles. The highest BCUT2D eigenvalue weighted by molar-refractivity contribution is 6.28. The summed E-state index contributed by atoms with van der Waals surface area (Å²) in [5.41, 5.74) is 4.58. The molecule has 1 N–H and O–H groups in total. The van der Waals surface area contributed by atoms with E-state index in [4.69, 9.17) is 16.3 Å². The molecule has 7 nitrogen and oxygen atoms in total. The van der Waals surface area contributed by atoms with Crippen LogP contribution in [0.15, 0.2) is 47.9 Å². The Kier molecular flexibility index (Phi) is 6.21. The van der Waals surface area contributed by atoms with Crippen LogP contribution in [0.1, 0.15) is 36.7 Å². The lowest BCUT2D eigenvalue weighted by molar-refractivity contribution is -0.0394. The second-order valence-corrected chi connectivity index (χ2v) is 7.41. The lowest BCUT2D eigenvalue weighted by Gasteiger charge is -2.22. The number of aliphatic imine (C=N–C) groups is 1. The summed E-state index contributed by atoms with van der Waals surface area (Å²) in [6.07, 6.45) is 10.7. The quantitative estimate of drug-likeness (QED) is 0.424. The van der Waals surface area contributed by atoms with E-state index in [-0.39, 0.29) is 11.5 Å². The zero-order valence-electron chi connectivity index (χ0n) is 16.8. The first-order chi connectivity index (χ1) is 14.6. The van der Waals surface area contributed by atoms with Crippen molar-refractivity contribution in [2.45, 2.75) is 32.4 Å². The monoisotopic (exact) mass is 422 g/mol. The van der Waals surface area contributed by atoms with Crippen molar-refractivity contribution >= 4 is 35.9 Å². The van der Waals surface area contributed by atoms with Crippen LogP contribution in [0.3, 0.4) is 0 Å². The molecule has 0 saturated carbocycles. The minimum Gasteiger partial charge on any atom is -0.357 e. The summed E-state index contributed by atoms with van der Waals surface area (Å²) < 4.78 is 7.72. The summed E-state index contributed by atoms with van der Waals surface area (Å²) in [6.45, 7) is 6.14. The van der Waals surface area contributed by atoms with Gasteiger partial charge in [-0.1, -0.05) is 12.1 Å². The normalized spacial score (nSPS) is 16.7. The number of hydrogen-bond donors (Lipinski definition) is 1. The predicted molar refractivity (Wildman–Crippen MR) is 120 cm³/mol. The molecule has 1 fully saturated rings. The highest BCUT2D eigenvalue weighted by atomic mass is 35.5. The number of benzene rings is 1. The smallest absolute Gasteiger partial charge is 0.224 e. The van der Waals surface area contributed by atoms with Gasteiger partial charge in [-0.25, -0.2) is 9.67 Å². The molecular formula is C22H23ClN6O. The topological polar surface area (TPSA) is 77.2 Å². The van der Waals surface area contributed by atoms with Gasteiger partial charge in [0.2, 0.25) is 5.28 Å². The van der Waals surface area contributed by atoms with Gasteiger partial charge in [0.1, 0.15) is 12.0 Å². The third kappa shape index (κ3) is 4.58.